The van der Waals surface area contributed by atoms with Crippen LogP contribution in [0.4, 0.5) is 0 Å². The minimum Gasteiger partial charge on any atom is -0.466 e. The number of likely N-dealkylation sites (N-methyl/N-ethyl adjacent to an activating group) is 1. The van der Waals surface area contributed by atoms with Crippen LogP contribution in [0, 0.1) is 0 Å². The van der Waals surface area contributed by atoms with Gasteiger partial charge in [-0.25, -0.2) is 4.79 Å². The number of carbonyl (C=O) groups excluding carboxylic acids is 1. The molecule has 1 aliphatic heterocycles. The molecule has 0 spiro atoms. The van der Waals surface area contributed by atoms with Gasteiger partial charge < -0.3 is 9.64 Å². The Hall–Kier alpha value is -0.830. The van der Waals surface area contributed by atoms with Gasteiger partial charge in [0.1, 0.15) is 0 Å². The summed E-state index contributed by atoms with van der Waals surface area (Å²) in [5, 5.41) is 0. The molecule has 0 unspecified atom stereocenters. The smallest absolute Gasteiger partial charge is 0.333 e. The maximum absolute atomic E-state index is 11.9. The van der Waals surface area contributed by atoms with Crippen LogP contribution in [0.3, 0.4) is 0 Å². The first kappa shape index (κ1) is 1.59. The summed E-state index contributed by atoms with van der Waals surface area (Å²) in [6.07, 6.45) is -3.54. The maximum atomic E-state index is 11.9. The van der Waals surface area contributed by atoms with Gasteiger partial charge in [-0.05, 0) is 13.3 Å². The van der Waals surface area contributed by atoms with Crippen molar-refractivity contribution in [3.63, 3.8) is 0 Å². The van der Waals surface area contributed by atoms with Crippen LogP contribution >= 0.6 is 0 Å². The highest BCUT2D eigenvalue weighted by atomic mass is 16.5. The lowest BCUT2D eigenvalue weighted by Gasteiger charge is -2.20. The van der Waals surface area contributed by atoms with Crippen molar-refractivity contribution in [1.29, 1.82) is 0 Å². The molecule has 0 radical (unpaired) electrons. The Morgan fingerprint density at radius 3 is 3.73 bits per heavy atom. The van der Waals surface area contributed by atoms with E-state index in [0.29, 0.717) is 0 Å². The quantitative estimate of drug-likeness (QED) is 0.531. The molecule has 62 valence electrons. The van der Waals surface area contributed by atoms with Gasteiger partial charge in [-0.2, -0.15) is 0 Å². The zero-order valence-electron chi connectivity index (χ0n) is 18.3. The van der Waals surface area contributed by atoms with Crippen LogP contribution in [-0.2, 0) is 9.53 Å². The lowest BCUT2D eigenvalue weighted by Crippen LogP contribution is -2.26. The van der Waals surface area contributed by atoms with Crippen LogP contribution in [0.5, 0.6) is 0 Å². The van der Waals surface area contributed by atoms with Gasteiger partial charge in [0.25, 0.3) is 0 Å². The van der Waals surface area contributed by atoms with Crippen molar-refractivity contribution in [2.75, 3.05) is 27.0 Å². The Kier molecular flexibility index (Phi) is 0.511. The lowest BCUT2D eigenvalue weighted by atomic mass is 10.1. The monoisotopic (exact) mass is 168 g/mol. The van der Waals surface area contributed by atoms with Gasteiger partial charge in [0, 0.05) is 30.9 Å². The van der Waals surface area contributed by atoms with Gasteiger partial charge in [0.2, 0.25) is 0 Å². The van der Waals surface area contributed by atoms with Crippen molar-refractivity contribution in [1.82, 2.24) is 4.90 Å². The third kappa shape index (κ3) is 2.05. The Morgan fingerprint density at radius 1 is 2.09 bits per heavy atom. The summed E-state index contributed by atoms with van der Waals surface area (Å²) >= 11 is 0. The number of ether oxygens (including phenoxy) is 1. The minimum absolute atomic E-state index is 0.485. The lowest BCUT2D eigenvalue weighted by molar-refractivity contribution is -0.136. The number of methoxy groups -OCH3 is 1. The zero-order valence-corrected chi connectivity index (χ0v) is 5.26. The molecule has 0 N–H and O–H groups in total. The first-order valence-electron chi connectivity index (χ1n) is 9.03. The van der Waals surface area contributed by atoms with Crippen LogP contribution in [0.15, 0.2) is 11.6 Å². The number of rotatable bonds is 1. The summed E-state index contributed by atoms with van der Waals surface area (Å²) in [6, 6.07) is -1.53. The van der Waals surface area contributed by atoms with Crippen LogP contribution in [-0.4, -0.2) is 37.9 Å². The molecular weight excluding hydrogens is 142 g/mol. The van der Waals surface area contributed by atoms with E-state index in [1.54, 1.807) is 0 Å². The van der Waals surface area contributed by atoms with E-state index in [0.717, 1.165) is 0 Å². The van der Waals surface area contributed by atoms with Crippen molar-refractivity contribution in [2.24, 2.45) is 0 Å². The first-order valence-corrected chi connectivity index (χ1v) is 2.53. The second kappa shape index (κ2) is 3.53. The van der Waals surface area contributed by atoms with Gasteiger partial charge in [-0.3, -0.25) is 0 Å². The molecule has 3 heteroatoms. The molecule has 1 heterocycles. The zero-order chi connectivity index (χ0) is 19.5. The maximum Gasteiger partial charge on any atom is 0.333 e. The first-order chi connectivity index (χ1) is 10.3. The summed E-state index contributed by atoms with van der Waals surface area (Å²) in [6.45, 7) is -10.5. The second-order valence-corrected chi connectivity index (χ2v) is 1.57. The van der Waals surface area contributed by atoms with Crippen molar-refractivity contribution >= 4 is 5.97 Å². The molecule has 0 bridgehead atoms. The molecule has 0 aromatic heterocycles. The Labute approximate surface area is 84.9 Å². The number of nitrogens with zero attached hydrogens (tertiary/aromatic N) is 1. The van der Waals surface area contributed by atoms with E-state index in [-0.39, 0.29) is 0 Å². The third-order valence-corrected chi connectivity index (χ3v) is 0.882. The standard InChI is InChI=1S/C8H13NO2/c1-9-5-3-7(4-6-9)8(10)11-2/h3H,4-6H2,1-2H3/i1D3,2D3,3D,4D2,5D2,6D2. The predicted molar refractivity (Wildman–Crippen MR) is 42.2 cm³/mol. The van der Waals surface area contributed by atoms with Gasteiger partial charge >= 0.3 is 5.97 Å². The summed E-state index contributed by atoms with van der Waals surface area (Å²) in [5.74, 6) is -1.97. The van der Waals surface area contributed by atoms with Crippen molar-refractivity contribution in [3.05, 3.63) is 11.6 Å². The van der Waals surface area contributed by atoms with Crippen LogP contribution in [0.2, 0.25) is 0 Å². The van der Waals surface area contributed by atoms with Crippen LogP contribution in [0.1, 0.15) is 24.2 Å². The molecule has 0 aromatic carbocycles. The highest BCUT2D eigenvalue weighted by Gasteiger charge is 2.13. The molecule has 0 amide bonds. The molecule has 0 saturated carbocycles. The average molecular weight is 168 g/mol. The van der Waals surface area contributed by atoms with E-state index in [4.69, 9.17) is 17.8 Å². The topological polar surface area (TPSA) is 29.5 Å². The minimum atomic E-state index is -3.62. The van der Waals surface area contributed by atoms with E-state index in [1.165, 1.54) is 0 Å². The fraction of sp³-hybridized carbons (Fsp3) is 0.625. The summed E-state index contributed by atoms with van der Waals surface area (Å²) in [7, 11) is -3.35. The molecular formula is C8H13NO2. The molecule has 1 aliphatic rings. The number of carbonyl (C=O) groups is 1. The van der Waals surface area contributed by atoms with Crippen molar-refractivity contribution in [3.8, 4) is 0 Å². The molecule has 0 aliphatic carbocycles. The Bertz CT molecular complexity index is 572. The predicted octanol–water partition coefficient (Wildman–Crippen LogP) is 0.421. The van der Waals surface area contributed by atoms with Crippen molar-refractivity contribution in [2.45, 2.75) is 6.37 Å². The fourth-order valence-electron chi connectivity index (χ4n) is 0.436. The summed E-state index contributed by atoms with van der Waals surface area (Å²) in [5.41, 5.74) is -1.53. The number of hydrogen-bond acceptors (Lipinski definition) is 3. The normalized spacial score (nSPS) is 53.6. The highest BCUT2D eigenvalue weighted by molar-refractivity contribution is 5.88. The van der Waals surface area contributed by atoms with Gasteiger partial charge in [-0.15, -0.1) is 0 Å². The molecule has 0 atom stereocenters. The highest BCUT2D eigenvalue weighted by Crippen LogP contribution is 2.09. The van der Waals surface area contributed by atoms with Gasteiger partial charge in [0.05, 0.1) is 12.5 Å². The average Bonchev–Trinajstić information content (AvgIpc) is 2.20. The summed E-state index contributed by atoms with van der Waals surface area (Å²) < 4.78 is 99.8. The number of hydrogen-bond donors (Lipinski definition) is 0. The molecule has 1 rings (SSSR count). The van der Waals surface area contributed by atoms with E-state index < -0.39 is 55.9 Å². The largest absolute Gasteiger partial charge is 0.466 e. The van der Waals surface area contributed by atoms with E-state index in [1.807, 2.05) is 0 Å². The Balaban J connectivity index is 3.69. The summed E-state index contributed by atoms with van der Waals surface area (Å²) in [4.78, 5) is 11.4. The van der Waals surface area contributed by atoms with Crippen LogP contribution in [0.25, 0.3) is 0 Å². The molecule has 0 saturated heterocycles. The van der Waals surface area contributed by atoms with Crippen molar-refractivity contribution < 1.29 is 27.4 Å². The SMILES string of the molecule is [2H]C1=C(C(=O)OC([2H])([2H])[2H])C([2H])([2H])C([2H])([2H])N(C([2H])([2H])[2H])C1([2H])[2H]. The number of esters is 1. The van der Waals surface area contributed by atoms with E-state index >= 15 is 0 Å². The molecule has 0 aromatic rings. The third-order valence-electron chi connectivity index (χ3n) is 0.882. The second-order valence-electron chi connectivity index (χ2n) is 1.57. The molecule has 3 nitrogen and oxygen atoms in total. The van der Waals surface area contributed by atoms with E-state index in [9.17, 15) is 4.79 Å². The van der Waals surface area contributed by atoms with E-state index in [2.05, 4.69) is 4.74 Å². The van der Waals surface area contributed by atoms with Gasteiger partial charge in [0.15, 0.2) is 0 Å². The molecule has 0 fully saturated rings. The van der Waals surface area contributed by atoms with Crippen LogP contribution < -0.4 is 0 Å². The van der Waals surface area contributed by atoms with Gasteiger partial charge in [-0.1, -0.05) is 6.05 Å². The molecule has 11 heavy (non-hydrogen) atoms. The Morgan fingerprint density at radius 2 is 3.00 bits per heavy atom. The fourth-order valence-corrected chi connectivity index (χ4v) is 0.436.